The van der Waals surface area contributed by atoms with E-state index in [0.29, 0.717) is 19.8 Å². The van der Waals surface area contributed by atoms with Crippen molar-refractivity contribution in [3.8, 4) is 5.75 Å². The van der Waals surface area contributed by atoms with Gasteiger partial charge in [-0.15, -0.1) is 0 Å². The normalized spacial score (nSPS) is 13.9. The Hall–Kier alpha value is -1.14. The smallest absolute Gasteiger partial charge is 0.118 e. The van der Waals surface area contributed by atoms with Gasteiger partial charge < -0.3 is 24.7 Å². The van der Waals surface area contributed by atoms with Gasteiger partial charge in [0.1, 0.15) is 5.75 Å². The summed E-state index contributed by atoms with van der Waals surface area (Å²) in [5.74, 6) is 0.823. The fourth-order valence-electron chi connectivity index (χ4n) is 1.99. The summed E-state index contributed by atoms with van der Waals surface area (Å²) in [6, 6.07) is 7.69. The van der Waals surface area contributed by atoms with E-state index < -0.39 is 0 Å². The highest BCUT2D eigenvalue weighted by Crippen LogP contribution is 2.22. The summed E-state index contributed by atoms with van der Waals surface area (Å²) in [7, 11) is 3.33. The fourth-order valence-corrected chi connectivity index (χ4v) is 1.99. The van der Waals surface area contributed by atoms with Gasteiger partial charge in [0.25, 0.3) is 0 Å². The van der Waals surface area contributed by atoms with Gasteiger partial charge in [-0.3, -0.25) is 0 Å². The molecular weight excluding hydrogens is 270 g/mol. The van der Waals surface area contributed by atoms with Gasteiger partial charge in [0.15, 0.2) is 0 Å². The predicted molar refractivity (Wildman–Crippen MR) is 82.6 cm³/mol. The molecule has 5 heteroatoms. The molecule has 1 aromatic carbocycles. The van der Waals surface area contributed by atoms with Crippen LogP contribution in [0, 0.1) is 0 Å². The third-order valence-corrected chi connectivity index (χ3v) is 3.08. The minimum absolute atomic E-state index is 0.0908. The zero-order valence-electron chi connectivity index (χ0n) is 13.2. The van der Waals surface area contributed by atoms with E-state index in [-0.39, 0.29) is 12.1 Å². The third kappa shape index (κ3) is 6.91. The number of rotatable bonds is 11. The maximum absolute atomic E-state index is 6.01. The fraction of sp³-hybridized carbons (Fsp3) is 0.625. The van der Waals surface area contributed by atoms with E-state index in [1.807, 2.05) is 31.2 Å². The number of benzene rings is 1. The van der Waals surface area contributed by atoms with Crippen LogP contribution in [0.5, 0.6) is 5.75 Å². The van der Waals surface area contributed by atoms with Gasteiger partial charge in [-0.1, -0.05) is 12.1 Å². The maximum Gasteiger partial charge on any atom is 0.118 e. The molecule has 0 bridgehead atoms. The van der Waals surface area contributed by atoms with E-state index in [9.17, 15) is 0 Å². The zero-order valence-corrected chi connectivity index (χ0v) is 13.2. The van der Waals surface area contributed by atoms with Gasteiger partial charge in [0.05, 0.1) is 26.4 Å². The van der Waals surface area contributed by atoms with Crippen LogP contribution in [0.25, 0.3) is 0 Å². The Bertz CT molecular complexity index is 367. The summed E-state index contributed by atoms with van der Waals surface area (Å²) in [5.41, 5.74) is 7.05. The van der Waals surface area contributed by atoms with E-state index in [0.717, 1.165) is 24.3 Å². The van der Waals surface area contributed by atoms with Gasteiger partial charge in [-0.2, -0.15) is 0 Å². The van der Waals surface area contributed by atoms with Crippen LogP contribution in [0.3, 0.4) is 0 Å². The molecule has 0 heterocycles. The average Bonchev–Trinajstić information content (AvgIpc) is 2.50. The Balaban J connectivity index is 2.36. The van der Waals surface area contributed by atoms with Crippen LogP contribution >= 0.6 is 0 Å². The Kier molecular flexibility index (Phi) is 9.01. The number of hydrogen-bond donors (Lipinski definition) is 1. The lowest BCUT2D eigenvalue weighted by Crippen LogP contribution is -2.28. The molecule has 2 unspecified atom stereocenters. The SMILES string of the molecule is COCCCOCCOC(c1ccc(OC)cc1)C(C)N. The summed E-state index contributed by atoms with van der Waals surface area (Å²) in [6.45, 7) is 4.42. The standard InChI is InChI=1S/C16H27NO4/c1-13(17)16(14-5-7-15(19-3)8-6-14)21-12-11-20-10-4-9-18-2/h5-8,13,16H,4,9-12,17H2,1-3H3. The van der Waals surface area contributed by atoms with Crippen LogP contribution in [0.4, 0.5) is 0 Å². The molecule has 0 amide bonds. The van der Waals surface area contributed by atoms with Gasteiger partial charge in [0.2, 0.25) is 0 Å². The van der Waals surface area contributed by atoms with E-state index in [4.69, 9.17) is 24.7 Å². The van der Waals surface area contributed by atoms with Crippen LogP contribution in [0.15, 0.2) is 24.3 Å². The summed E-state index contributed by atoms with van der Waals surface area (Å²) in [6.07, 6.45) is 0.754. The largest absolute Gasteiger partial charge is 0.497 e. The van der Waals surface area contributed by atoms with Gasteiger partial charge in [-0.05, 0) is 31.0 Å². The molecule has 0 saturated heterocycles. The van der Waals surface area contributed by atoms with Crippen molar-refractivity contribution in [3.63, 3.8) is 0 Å². The van der Waals surface area contributed by atoms with Crippen molar-refractivity contribution in [2.45, 2.75) is 25.5 Å². The predicted octanol–water partition coefficient (Wildman–Crippen LogP) is 2.15. The summed E-state index contributed by atoms with van der Waals surface area (Å²) in [4.78, 5) is 0. The molecule has 120 valence electrons. The lowest BCUT2D eigenvalue weighted by molar-refractivity contribution is -0.00764. The minimum Gasteiger partial charge on any atom is -0.497 e. The Morgan fingerprint density at radius 1 is 1.00 bits per heavy atom. The minimum atomic E-state index is -0.140. The Morgan fingerprint density at radius 3 is 2.29 bits per heavy atom. The van der Waals surface area contributed by atoms with E-state index in [2.05, 4.69) is 0 Å². The first kappa shape index (κ1) is 17.9. The first-order valence-corrected chi connectivity index (χ1v) is 7.27. The van der Waals surface area contributed by atoms with E-state index in [1.165, 1.54) is 0 Å². The van der Waals surface area contributed by atoms with Gasteiger partial charge in [0, 0.05) is 26.4 Å². The lowest BCUT2D eigenvalue weighted by Gasteiger charge is -2.22. The number of hydrogen-bond acceptors (Lipinski definition) is 5. The van der Waals surface area contributed by atoms with E-state index in [1.54, 1.807) is 14.2 Å². The molecule has 0 aliphatic rings. The van der Waals surface area contributed by atoms with Crippen molar-refractivity contribution >= 4 is 0 Å². The topological polar surface area (TPSA) is 62.9 Å². The molecule has 0 aromatic heterocycles. The molecule has 2 atom stereocenters. The molecule has 1 rings (SSSR count). The molecule has 2 N–H and O–H groups in total. The molecular formula is C16H27NO4. The van der Waals surface area contributed by atoms with Crippen LogP contribution in [-0.2, 0) is 14.2 Å². The molecule has 5 nitrogen and oxygen atoms in total. The average molecular weight is 297 g/mol. The molecule has 0 radical (unpaired) electrons. The highest BCUT2D eigenvalue weighted by Gasteiger charge is 2.16. The van der Waals surface area contributed by atoms with Crippen LogP contribution in [0.1, 0.15) is 25.0 Å². The molecule has 0 aliphatic heterocycles. The van der Waals surface area contributed by atoms with Crippen molar-refractivity contribution in [2.75, 3.05) is 40.6 Å². The maximum atomic E-state index is 6.01. The van der Waals surface area contributed by atoms with Gasteiger partial charge >= 0.3 is 0 Å². The second-order valence-electron chi connectivity index (χ2n) is 4.88. The van der Waals surface area contributed by atoms with Crippen molar-refractivity contribution in [3.05, 3.63) is 29.8 Å². The van der Waals surface area contributed by atoms with Crippen LogP contribution in [-0.4, -0.2) is 46.7 Å². The Morgan fingerprint density at radius 2 is 1.71 bits per heavy atom. The van der Waals surface area contributed by atoms with Crippen molar-refractivity contribution in [1.29, 1.82) is 0 Å². The zero-order chi connectivity index (χ0) is 15.5. The van der Waals surface area contributed by atoms with Crippen molar-refractivity contribution < 1.29 is 18.9 Å². The number of methoxy groups -OCH3 is 2. The number of nitrogens with two attached hydrogens (primary N) is 1. The highest BCUT2D eigenvalue weighted by atomic mass is 16.5. The second-order valence-corrected chi connectivity index (χ2v) is 4.88. The molecule has 0 spiro atoms. The summed E-state index contributed by atoms with van der Waals surface area (Å²) >= 11 is 0. The first-order chi connectivity index (χ1) is 10.2. The van der Waals surface area contributed by atoms with Crippen molar-refractivity contribution in [2.24, 2.45) is 5.73 Å². The quantitative estimate of drug-likeness (QED) is 0.634. The summed E-state index contributed by atoms with van der Waals surface area (Å²) in [5, 5.41) is 0. The molecule has 0 aliphatic carbocycles. The first-order valence-electron chi connectivity index (χ1n) is 7.27. The summed E-state index contributed by atoms with van der Waals surface area (Å²) < 4.78 is 21.4. The lowest BCUT2D eigenvalue weighted by atomic mass is 10.0. The monoisotopic (exact) mass is 297 g/mol. The third-order valence-electron chi connectivity index (χ3n) is 3.08. The van der Waals surface area contributed by atoms with Gasteiger partial charge in [-0.25, -0.2) is 0 Å². The van der Waals surface area contributed by atoms with E-state index >= 15 is 0 Å². The molecule has 0 saturated carbocycles. The van der Waals surface area contributed by atoms with Crippen molar-refractivity contribution in [1.82, 2.24) is 0 Å². The van der Waals surface area contributed by atoms with Crippen LogP contribution in [0.2, 0.25) is 0 Å². The molecule has 0 fully saturated rings. The number of ether oxygens (including phenoxy) is 4. The molecule has 1 aromatic rings. The Labute approximate surface area is 127 Å². The highest BCUT2D eigenvalue weighted by molar-refractivity contribution is 5.29. The van der Waals surface area contributed by atoms with Crippen LogP contribution < -0.4 is 10.5 Å². The molecule has 21 heavy (non-hydrogen) atoms. The second kappa shape index (κ2) is 10.6.